The van der Waals surface area contributed by atoms with Crippen molar-refractivity contribution in [3.63, 3.8) is 0 Å². The standard InChI is InChI=1S/C32H42N6O3/c1-32(2)30-24(21-38(32)20-23-11-14-26(15-12-23)41-25-9-7-5-6-8-10-25)13-16-27(35-30)31-33-19-29(37(31)4)36(3)18-17-28(40)34-22-39/h11-16,19,22,25H,5-10,17-18,20-21H2,1-4H3,(H,34,39,40). The van der Waals surface area contributed by atoms with Gasteiger partial charge in [0.15, 0.2) is 5.82 Å². The zero-order valence-electron chi connectivity index (χ0n) is 24.7. The van der Waals surface area contributed by atoms with Crippen LogP contribution in [0.5, 0.6) is 5.75 Å². The Hall–Kier alpha value is -3.72. The van der Waals surface area contributed by atoms with E-state index in [1.807, 2.05) is 29.6 Å². The van der Waals surface area contributed by atoms with E-state index >= 15 is 0 Å². The van der Waals surface area contributed by atoms with Gasteiger partial charge in [0.25, 0.3) is 0 Å². The number of rotatable bonds is 10. The Balaban J connectivity index is 1.25. The lowest BCUT2D eigenvalue weighted by atomic mass is 9.98. The first-order valence-corrected chi connectivity index (χ1v) is 14.7. The third kappa shape index (κ3) is 6.45. The maximum Gasteiger partial charge on any atom is 0.228 e. The number of imidazole rings is 1. The highest BCUT2D eigenvalue weighted by atomic mass is 16.5. The van der Waals surface area contributed by atoms with E-state index in [4.69, 9.17) is 9.72 Å². The molecule has 2 aromatic heterocycles. The number of pyridine rings is 1. The van der Waals surface area contributed by atoms with Crippen molar-refractivity contribution in [3.05, 3.63) is 59.4 Å². The Morgan fingerprint density at radius 3 is 2.56 bits per heavy atom. The predicted octanol–water partition coefficient (Wildman–Crippen LogP) is 4.93. The number of fused-ring (bicyclic) bond motifs is 1. The van der Waals surface area contributed by atoms with Crippen molar-refractivity contribution in [1.29, 1.82) is 0 Å². The van der Waals surface area contributed by atoms with E-state index in [0.29, 0.717) is 19.1 Å². The molecule has 0 spiro atoms. The molecule has 1 aliphatic carbocycles. The topological polar surface area (TPSA) is 92.6 Å². The predicted molar refractivity (Wildman–Crippen MR) is 159 cm³/mol. The van der Waals surface area contributed by atoms with Gasteiger partial charge in [0.2, 0.25) is 12.3 Å². The molecule has 1 saturated carbocycles. The van der Waals surface area contributed by atoms with Crippen LogP contribution in [0.1, 0.15) is 75.6 Å². The van der Waals surface area contributed by atoms with Crippen LogP contribution in [0.25, 0.3) is 11.5 Å². The summed E-state index contributed by atoms with van der Waals surface area (Å²) in [6.07, 6.45) is 10.3. The molecule has 1 fully saturated rings. The van der Waals surface area contributed by atoms with E-state index in [1.165, 1.54) is 36.8 Å². The minimum Gasteiger partial charge on any atom is -0.490 e. The van der Waals surface area contributed by atoms with Gasteiger partial charge in [-0.25, -0.2) is 9.97 Å². The van der Waals surface area contributed by atoms with Crippen LogP contribution in [-0.2, 0) is 35.3 Å². The van der Waals surface area contributed by atoms with Gasteiger partial charge >= 0.3 is 0 Å². The van der Waals surface area contributed by atoms with Crippen LogP contribution in [0.2, 0.25) is 0 Å². The maximum absolute atomic E-state index is 11.7. The number of carbonyl (C=O) groups excluding carboxylic acids is 2. The summed E-state index contributed by atoms with van der Waals surface area (Å²) in [6, 6.07) is 12.8. The largest absolute Gasteiger partial charge is 0.490 e. The molecule has 1 aliphatic heterocycles. The minimum absolute atomic E-state index is 0.215. The van der Waals surface area contributed by atoms with Crippen LogP contribution in [0.3, 0.4) is 0 Å². The molecule has 0 atom stereocenters. The van der Waals surface area contributed by atoms with Gasteiger partial charge in [-0.3, -0.25) is 19.8 Å². The summed E-state index contributed by atoms with van der Waals surface area (Å²) in [7, 11) is 3.86. The number of amides is 2. The van der Waals surface area contributed by atoms with Crippen molar-refractivity contribution in [1.82, 2.24) is 24.8 Å². The summed E-state index contributed by atoms with van der Waals surface area (Å²) in [5, 5.41) is 2.18. The van der Waals surface area contributed by atoms with E-state index in [9.17, 15) is 9.59 Å². The smallest absolute Gasteiger partial charge is 0.228 e. The fourth-order valence-corrected chi connectivity index (χ4v) is 6.04. The van der Waals surface area contributed by atoms with Crippen molar-refractivity contribution >= 4 is 18.1 Å². The molecular weight excluding hydrogens is 516 g/mol. The summed E-state index contributed by atoms with van der Waals surface area (Å²) < 4.78 is 8.29. The summed E-state index contributed by atoms with van der Waals surface area (Å²) >= 11 is 0. The lowest BCUT2D eigenvalue weighted by Crippen LogP contribution is -2.35. The zero-order valence-corrected chi connectivity index (χ0v) is 24.7. The second-order valence-electron chi connectivity index (χ2n) is 11.9. The number of carbonyl (C=O) groups is 2. The van der Waals surface area contributed by atoms with Crippen molar-refractivity contribution in [2.24, 2.45) is 7.05 Å². The fraction of sp³-hybridized carbons (Fsp3) is 0.500. The minimum atomic E-state index is -0.305. The number of imide groups is 1. The molecule has 1 N–H and O–H groups in total. The zero-order chi connectivity index (χ0) is 29.0. The average molecular weight is 559 g/mol. The van der Waals surface area contributed by atoms with Gasteiger partial charge < -0.3 is 14.2 Å². The molecule has 0 radical (unpaired) electrons. The Morgan fingerprint density at radius 1 is 1.12 bits per heavy atom. The molecule has 0 unspecified atom stereocenters. The number of hydrogen-bond acceptors (Lipinski definition) is 7. The van der Waals surface area contributed by atoms with Crippen LogP contribution >= 0.6 is 0 Å². The lowest BCUT2D eigenvalue weighted by Gasteiger charge is -2.31. The second kappa shape index (κ2) is 12.4. The molecule has 0 saturated heterocycles. The Labute approximate surface area is 242 Å². The third-order valence-electron chi connectivity index (χ3n) is 8.59. The van der Waals surface area contributed by atoms with E-state index in [-0.39, 0.29) is 17.9 Å². The molecule has 218 valence electrons. The molecule has 9 heteroatoms. The normalized spacial score (nSPS) is 17.1. The van der Waals surface area contributed by atoms with E-state index in [2.05, 4.69) is 59.4 Å². The molecule has 3 heterocycles. The lowest BCUT2D eigenvalue weighted by molar-refractivity contribution is -0.125. The molecule has 2 aliphatic rings. The van der Waals surface area contributed by atoms with Gasteiger partial charge in [0.05, 0.1) is 23.5 Å². The summed E-state index contributed by atoms with van der Waals surface area (Å²) in [4.78, 5) is 36.4. The number of aromatic nitrogens is 3. The fourth-order valence-electron chi connectivity index (χ4n) is 6.04. The average Bonchev–Trinajstić information content (AvgIpc) is 3.31. The number of hydrogen-bond donors (Lipinski definition) is 1. The Kier molecular flexibility index (Phi) is 8.73. The SMILES string of the molecule is CN(CCC(=O)NC=O)c1cnc(-c2ccc3c(n2)C(C)(C)N(Cc2ccc(OC4CCCCCC4)cc2)C3)n1C. The summed E-state index contributed by atoms with van der Waals surface area (Å²) in [5.74, 6) is 2.31. The van der Waals surface area contributed by atoms with Crippen molar-refractivity contribution in [3.8, 4) is 17.3 Å². The van der Waals surface area contributed by atoms with Gasteiger partial charge in [-0.15, -0.1) is 0 Å². The Morgan fingerprint density at radius 2 is 1.85 bits per heavy atom. The first-order valence-electron chi connectivity index (χ1n) is 14.7. The van der Waals surface area contributed by atoms with E-state index in [0.717, 1.165) is 54.7 Å². The van der Waals surface area contributed by atoms with E-state index < -0.39 is 0 Å². The molecule has 3 aromatic rings. The second-order valence-corrected chi connectivity index (χ2v) is 11.9. The van der Waals surface area contributed by atoms with Crippen LogP contribution in [-0.4, -0.2) is 51.4 Å². The number of nitrogens with zero attached hydrogens (tertiary/aromatic N) is 5. The maximum atomic E-state index is 11.7. The van der Waals surface area contributed by atoms with Gasteiger partial charge in [0.1, 0.15) is 17.3 Å². The highest BCUT2D eigenvalue weighted by Gasteiger charge is 2.39. The van der Waals surface area contributed by atoms with Gasteiger partial charge in [-0.1, -0.05) is 31.0 Å². The van der Waals surface area contributed by atoms with Crippen LogP contribution in [0.4, 0.5) is 5.82 Å². The first-order chi connectivity index (χ1) is 19.8. The Bertz CT molecular complexity index is 1360. The molecule has 9 nitrogen and oxygen atoms in total. The van der Waals surface area contributed by atoms with Gasteiger partial charge in [0, 0.05) is 40.2 Å². The monoisotopic (exact) mass is 558 g/mol. The van der Waals surface area contributed by atoms with Gasteiger partial charge in [-0.2, -0.15) is 0 Å². The van der Waals surface area contributed by atoms with Crippen LogP contribution < -0.4 is 15.0 Å². The molecule has 5 rings (SSSR count). The van der Waals surface area contributed by atoms with Crippen molar-refractivity contribution in [2.75, 3.05) is 18.5 Å². The van der Waals surface area contributed by atoms with Crippen molar-refractivity contribution in [2.45, 2.75) is 83.5 Å². The third-order valence-corrected chi connectivity index (χ3v) is 8.59. The molecule has 2 amide bonds. The number of nitrogens with one attached hydrogen (secondary N) is 1. The van der Waals surface area contributed by atoms with Crippen molar-refractivity contribution < 1.29 is 14.3 Å². The molecule has 1 aromatic carbocycles. The number of ether oxygens (including phenoxy) is 1. The number of benzene rings is 1. The summed E-state index contributed by atoms with van der Waals surface area (Å²) in [6.45, 7) is 6.61. The van der Waals surface area contributed by atoms with Crippen LogP contribution in [0.15, 0.2) is 42.6 Å². The highest BCUT2D eigenvalue weighted by Crippen LogP contribution is 2.40. The first kappa shape index (κ1) is 28.8. The highest BCUT2D eigenvalue weighted by molar-refractivity contribution is 5.86. The quantitative estimate of drug-likeness (QED) is 0.279. The molecule has 0 bridgehead atoms. The summed E-state index contributed by atoms with van der Waals surface area (Å²) in [5.41, 5.74) is 4.15. The van der Waals surface area contributed by atoms with Crippen LogP contribution in [0, 0.1) is 0 Å². The number of anilines is 1. The molecular formula is C32H42N6O3. The van der Waals surface area contributed by atoms with Gasteiger partial charge in [-0.05, 0) is 68.9 Å². The molecule has 41 heavy (non-hydrogen) atoms. The van der Waals surface area contributed by atoms with E-state index in [1.54, 1.807) is 6.20 Å².